The molecule has 0 aliphatic heterocycles. The largest absolute Gasteiger partial charge is 0.493 e. The Morgan fingerprint density at radius 1 is 1.04 bits per heavy atom. The molecule has 6 heteroatoms. The lowest BCUT2D eigenvalue weighted by atomic mass is 10.1. The van der Waals surface area contributed by atoms with Gasteiger partial charge in [-0.1, -0.05) is 24.3 Å². The number of benzene rings is 3. The van der Waals surface area contributed by atoms with Crippen molar-refractivity contribution in [3.05, 3.63) is 77.9 Å². The van der Waals surface area contributed by atoms with Crippen molar-refractivity contribution in [1.29, 1.82) is 0 Å². The summed E-state index contributed by atoms with van der Waals surface area (Å²) in [4.78, 5) is 15.8. The lowest BCUT2D eigenvalue weighted by Crippen LogP contribution is -2.01. The molecule has 140 valence electrons. The molecular formula is C22H17NO4S. The van der Waals surface area contributed by atoms with Crippen LogP contribution < -0.4 is 9.47 Å². The van der Waals surface area contributed by atoms with E-state index in [1.807, 2.05) is 42.5 Å². The van der Waals surface area contributed by atoms with Crippen molar-refractivity contribution in [3.8, 4) is 22.1 Å². The monoisotopic (exact) mass is 391 g/mol. The molecule has 3 aromatic carbocycles. The average Bonchev–Trinajstić information content (AvgIpc) is 3.16. The van der Waals surface area contributed by atoms with Crippen LogP contribution in [-0.2, 0) is 6.61 Å². The number of para-hydroxylation sites is 1. The number of carbonyl (C=O) groups is 1. The van der Waals surface area contributed by atoms with E-state index in [4.69, 9.17) is 14.6 Å². The Bertz CT molecular complexity index is 1120. The second kappa shape index (κ2) is 7.70. The number of rotatable bonds is 6. The summed E-state index contributed by atoms with van der Waals surface area (Å²) in [5, 5.41) is 10.0. The number of hydrogen-bond donors (Lipinski definition) is 1. The van der Waals surface area contributed by atoms with Crippen molar-refractivity contribution in [1.82, 2.24) is 4.98 Å². The number of ether oxygens (including phenoxy) is 2. The zero-order valence-electron chi connectivity index (χ0n) is 15.1. The highest BCUT2D eigenvalue weighted by Gasteiger charge is 2.11. The van der Waals surface area contributed by atoms with Crippen LogP contribution in [0.2, 0.25) is 0 Å². The maximum atomic E-state index is 11.1. The molecule has 0 fully saturated rings. The number of methoxy groups -OCH3 is 1. The third kappa shape index (κ3) is 3.68. The predicted octanol–water partition coefficient (Wildman–Crippen LogP) is 5.25. The molecule has 1 N–H and O–H groups in total. The molecule has 1 aromatic heterocycles. The second-order valence-corrected chi connectivity index (χ2v) is 7.18. The number of aromatic carboxylic acids is 1. The smallest absolute Gasteiger partial charge is 0.335 e. The first-order chi connectivity index (χ1) is 13.6. The number of nitrogens with zero attached hydrogens (tertiary/aromatic N) is 1. The van der Waals surface area contributed by atoms with Crippen LogP contribution in [0.25, 0.3) is 20.8 Å². The maximum Gasteiger partial charge on any atom is 0.335 e. The van der Waals surface area contributed by atoms with E-state index < -0.39 is 5.97 Å². The number of carboxylic acids is 1. The molecule has 1 heterocycles. The average molecular weight is 391 g/mol. The normalized spacial score (nSPS) is 10.8. The van der Waals surface area contributed by atoms with E-state index in [0.29, 0.717) is 11.5 Å². The molecule has 0 atom stereocenters. The molecule has 0 aliphatic carbocycles. The summed E-state index contributed by atoms with van der Waals surface area (Å²) in [6, 6.07) is 20.4. The molecular weight excluding hydrogens is 374 g/mol. The van der Waals surface area contributed by atoms with Gasteiger partial charge >= 0.3 is 5.97 Å². The summed E-state index contributed by atoms with van der Waals surface area (Å²) in [6.45, 7) is 0.248. The minimum absolute atomic E-state index is 0.235. The SMILES string of the molecule is COc1cc(-c2nc3ccccc3s2)ccc1OCc1cccc(C(=O)O)c1. The molecule has 0 aliphatic rings. The summed E-state index contributed by atoms with van der Waals surface area (Å²) >= 11 is 1.63. The van der Waals surface area contributed by atoms with Gasteiger partial charge in [0.25, 0.3) is 0 Å². The molecule has 4 aromatic rings. The van der Waals surface area contributed by atoms with Crippen LogP contribution in [0.5, 0.6) is 11.5 Å². The van der Waals surface area contributed by atoms with Crippen LogP contribution in [-0.4, -0.2) is 23.2 Å². The molecule has 0 spiro atoms. The molecule has 0 unspecified atom stereocenters. The number of carboxylic acid groups (broad SMARTS) is 1. The first kappa shape index (κ1) is 18.0. The zero-order valence-corrected chi connectivity index (χ0v) is 15.9. The number of fused-ring (bicyclic) bond motifs is 1. The van der Waals surface area contributed by atoms with E-state index in [-0.39, 0.29) is 12.2 Å². The first-order valence-corrected chi connectivity index (χ1v) is 9.45. The van der Waals surface area contributed by atoms with Gasteiger partial charge < -0.3 is 14.6 Å². The lowest BCUT2D eigenvalue weighted by Gasteiger charge is -2.12. The highest BCUT2D eigenvalue weighted by Crippen LogP contribution is 2.36. The van der Waals surface area contributed by atoms with Gasteiger partial charge in [-0.05, 0) is 48.0 Å². The topological polar surface area (TPSA) is 68.7 Å². The highest BCUT2D eigenvalue weighted by atomic mass is 32.1. The van der Waals surface area contributed by atoms with E-state index in [0.717, 1.165) is 26.4 Å². The molecule has 28 heavy (non-hydrogen) atoms. The van der Waals surface area contributed by atoms with Gasteiger partial charge in [-0.25, -0.2) is 9.78 Å². The van der Waals surface area contributed by atoms with E-state index in [1.54, 1.807) is 36.6 Å². The number of hydrogen-bond acceptors (Lipinski definition) is 5. The molecule has 0 amide bonds. The van der Waals surface area contributed by atoms with Crippen LogP contribution in [0, 0.1) is 0 Å². The van der Waals surface area contributed by atoms with Crippen LogP contribution in [0.3, 0.4) is 0 Å². The van der Waals surface area contributed by atoms with Crippen LogP contribution in [0.1, 0.15) is 15.9 Å². The lowest BCUT2D eigenvalue weighted by molar-refractivity contribution is 0.0696. The number of aromatic nitrogens is 1. The first-order valence-electron chi connectivity index (χ1n) is 8.63. The molecule has 4 rings (SSSR count). The zero-order chi connectivity index (χ0) is 19.5. The fourth-order valence-electron chi connectivity index (χ4n) is 2.87. The Morgan fingerprint density at radius 2 is 1.89 bits per heavy atom. The van der Waals surface area contributed by atoms with E-state index in [9.17, 15) is 4.79 Å². The maximum absolute atomic E-state index is 11.1. The molecule has 0 bridgehead atoms. The van der Waals surface area contributed by atoms with Crippen LogP contribution in [0.4, 0.5) is 0 Å². The Morgan fingerprint density at radius 3 is 2.68 bits per heavy atom. The van der Waals surface area contributed by atoms with Crippen molar-refractivity contribution < 1.29 is 19.4 Å². The Hall–Kier alpha value is -3.38. The van der Waals surface area contributed by atoms with Crippen molar-refractivity contribution in [2.24, 2.45) is 0 Å². The number of thiazole rings is 1. The fraction of sp³-hybridized carbons (Fsp3) is 0.0909. The summed E-state index contributed by atoms with van der Waals surface area (Å²) in [7, 11) is 1.59. The van der Waals surface area contributed by atoms with E-state index in [1.165, 1.54) is 0 Å². The molecule has 0 saturated carbocycles. The molecule has 5 nitrogen and oxygen atoms in total. The summed E-state index contributed by atoms with van der Waals surface area (Å²) in [5.41, 5.74) is 2.94. The van der Waals surface area contributed by atoms with Gasteiger partial charge in [-0.2, -0.15) is 0 Å². The van der Waals surface area contributed by atoms with E-state index in [2.05, 4.69) is 11.1 Å². The minimum Gasteiger partial charge on any atom is -0.493 e. The van der Waals surface area contributed by atoms with Gasteiger partial charge in [-0.15, -0.1) is 11.3 Å². The van der Waals surface area contributed by atoms with Gasteiger partial charge in [0.05, 0.1) is 22.9 Å². The molecule has 0 radical (unpaired) electrons. The second-order valence-electron chi connectivity index (χ2n) is 6.15. The standard InChI is InChI=1S/C22H17NO4S/c1-26-19-12-15(21-23-17-7-2-3-8-20(17)28-21)9-10-18(19)27-13-14-5-4-6-16(11-14)22(24)25/h2-12H,13H2,1H3,(H,24,25). The summed E-state index contributed by atoms with van der Waals surface area (Å²) in [6.07, 6.45) is 0. The summed E-state index contributed by atoms with van der Waals surface area (Å²) < 4.78 is 12.5. The highest BCUT2D eigenvalue weighted by molar-refractivity contribution is 7.21. The van der Waals surface area contributed by atoms with Gasteiger partial charge in [0.1, 0.15) is 11.6 Å². The third-order valence-electron chi connectivity index (χ3n) is 4.27. The van der Waals surface area contributed by atoms with Gasteiger partial charge in [0, 0.05) is 5.56 Å². The van der Waals surface area contributed by atoms with Crippen LogP contribution in [0.15, 0.2) is 66.7 Å². The Balaban J connectivity index is 1.57. The molecule has 0 saturated heterocycles. The van der Waals surface area contributed by atoms with Crippen molar-refractivity contribution >= 4 is 27.5 Å². The van der Waals surface area contributed by atoms with Gasteiger partial charge in [0.15, 0.2) is 11.5 Å². The minimum atomic E-state index is -0.959. The van der Waals surface area contributed by atoms with Crippen molar-refractivity contribution in [3.63, 3.8) is 0 Å². The third-order valence-corrected chi connectivity index (χ3v) is 5.36. The van der Waals surface area contributed by atoms with E-state index >= 15 is 0 Å². The quantitative estimate of drug-likeness (QED) is 0.486. The summed E-state index contributed by atoms with van der Waals surface area (Å²) in [5.74, 6) is 0.235. The Labute approximate surface area is 165 Å². The van der Waals surface area contributed by atoms with Crippen molar-refractivity contribution in [2.45, 2.75) is 6.61 Å². The Kier molecular flexibility index (Phi) is 4.95. The van der Waals surface area contributed by atoms with Gasteiger partial charge in [-0.3, -0.25) is 0 Å². The van der Waals surface area contributed by atoms with Gasteiger partial charge in [0.2, 0.25) is 0 Å². The van der Waals surface area contributed by atoms with Crippen LogP contribution >= 0.6 is 11.3 Å². The predicted molar refractivity (Wildman–Crippen MR) is 109 cm³/mol. The van der Waals surface area contributed by atoms with Crippen molar-refractivity contribution in [2.75, 3.05) is 7.11 Å². The fourth-order valence-corrected chi connectivity index (χ4v) is 3.83.